The molecule has 6 heteroatoms. The molecule has 0 aliphatic carbocycles. The Labute approximate surface area is 157 Å². The highest BCUT2D eigenvalue weighted by Gasteiger charge is 2.21. The quantitative estimate of drug-likeness (QED) is 0.742. The number of anilines is 2. The van der Waals surface area contributed by atoms with Crippen molar-refractivity contribution in [3.63, 3.8) is 0 Å². The van der Waals surface area contributed by atoms with E-state index in [-0.39, 0.29) is 18.2 Å². The molecule has 24 heavy (non-hydrogen) atoms. The number of hydrogen-bond acceptors (Lipinski definition) is 2. The van der Waals surface area contributed by atoms with Crippen LogP contribution in [0.2, 0.25) is 0 Å². The lowest BCUT2D eigenvalue weighted by atomic mass is 10.1. The second kappa shape index (κ2) is 7.49. The van der Waals surface area contributed by atoms with Crippen molar-refractivity contribution >= 4 is 55.0 Å². The first-order valence-corrected chi connectivity index (χ1v) is 9.26. The molecular weight excluding hydrogens is 436 g/mol. The second-order valence-electron chi connectivity index (χ2n) is 5.66. The van der Waals surface area contributed by atoms with Gasteiger partial charge < -0.3 is 10.2 Å². The van der Waals surface area contributed by atoms with E-state index in [0.29, 0.717) is 6.42 Å². The fourth-order valence-corrected chi connectivity index (χ4v) is 3.39. The molecule has 0 saturated carbocycles. The van der Waals surface area contributed by atoms with Gasteiger partial charge in [-0.05, 0) is 58.2 Å². The first-order valence-electron chi connectivity index (χ1n) is 7.67. The van der Waals surface area contributed by atoms with Crippen LogP contribution in [-0.2, 0) is 16.0 Å². The lowest BCUT2D eigenvalue weighted by molar-refractivity contribution is -0.117. The molecule has 124 valence electrons. The van der Waals surface area contributed by atoms with Crippen molar-refractivity contribution in [2.45, 2.75) is 19.3 Å². The summed E-state index contributed by atoms with van der Waals surface area (Å²) in [6.07, 6.45) is 1.81. The molecule has 0 spiro atoms. The molecule has 1 fully saturated rings. The summed E-state index contributed by atoms with van der Waals surface area (Å²) in [5.41, 5.74) is 2.54. The van der Waals surface area contributed by atoms with Crippen LogP contribution in [0.4, 0.5) is 11.4 Å². The Morgan fingerprint density at radius 2 is 1.88 bits per heavy atom. The van der Waals surface area contributed by atoms with E-state index in [0.717, 1.165) is 38.8 Å². The zero-order valence-electron chi connectivity index (χ0n) is 12.9. The van der Waals surface area contributed by atoms with Crippen LogP contribution in [0.15, 0.2) is 51.4 Å². The van der Waals surface area contributed by atoms with Crippen LogP contribution >= 0.6 is 31.9 Å². The summed E-state index contributed by atoms with van der Waals surface area (Å²) in [5.74, 6) is 0.0822. The molecule has 1 heterocycles. The minimum atomic E-state index is -0.0844. The Kier molecular flexibility index (Phi) is 5.36. The van der Waals surface area contributed by atoms with Gasteiger partial charge in [-0.25, -0.2) is 0 Å². The van der Waals surface area contributed by atoms with E-state index in [1.54, 1.807) is 4.90 Å². The van der Waals surface area contributed by atoms with Gasteiger partial charge in [0.2, 0.25) is 11.8 Å². The Morgan fingerprint density at radius 3 is 2.54 bits per heavy atom. The number of hydrogen-bond donors (Lipinski definition) is 1. The maximum Gasteiger partial charge on any atom is 0.228 e. The topological polar surface area (TPSA) is 49.4 Å². The number of benzene rings is 2. The lowest BCUT2D eigenvalue weighted by Crippen LogP contribution is -2.23. The number of carbonyl (C=O) groups excluding carboxylic acids is 2. The molecule has 3 rings (SSSR count). The average Bonchev–Trinajstić information content (AvgIpc) is 2.98. The molecule has 1 aliphatic heterocycles. The summed E-state index contributed by atoms with van der Waals surface area (Å²) in [6, 6.07) is 13.2. The molecule has 0 unspecified atom stereocenters. The Morgan fingerprint density at radius 1 is 1.12 bits per heavy atom. The summed E-state index contributed by atoms with van der Waals surface area (Å²) in [6.45, 7) is 0.773. The van der Waals surface area contributed by atoms with Gasteiger partial charge >= 0.3 is 0 Å². The first kappa shape index (κ1) is 17.2. The molecule has 0 radical (unpaired) electrons. The van der Waals surface area contributed by atoms with E-state index in [9.17, 15) is 9.59 Å². The smallest absolute Gasteiger partial charge is 0.228 e. The number of halogens is 2. The maximum atomic E-state index is 12.2. The molecule has 1 saturated heterocycles. The zero-order valence-corrected chi connectivity index (χ0v) is 16.1. The SMILES string of the molecule is O=C(Cc1ccc(N2CCCC2=O)cc1)Nc1cc(Br)ccc1Br. The van der Waals surface area contributed by atoms with Crippen LogP contribution in [0, 0.1) is 0 Å². The van der Waals surface area contributed by atoms with Gasteiger partial charge in [-0.15, -0.1) is 0 Å². The van der Waals surface area contributed by atoms with Crippen molar-refractivity contribution < 1.29 is 9.59 Å². The monoisotopic (exact) mass is 450 g/mol. The normalized spacial score (nSPS) is 14.1. The van der Waals surface area contributed by atoms with Crippen LogP contribution in [0.5, 0.6) is 0 Å². The molecule has 2 aromatic rings. The third kappa shape index (κ3) is 4.05. The van der Waals surface area contributed by atoms with Gasteiger partial charge in [0.05, 0.1) is 12.1 Å². The molecule has 0 aromatic heterocycles. The Hall–Kier alpha value is -1.66. The summed E-state index contributed by atoms with van der Waals surface area (Å²) in [7, 11) is 0. The van der Waals surface area contributed by atoms with Gasteiger partial charge in [0.15, 0.2) is 0 Å². The predicted molar refractivity (Wildman–Crippen MR) is 102 cm³/mol. The van der Waals surface area contributed by atoms with Crippen molar-refractivity contribution in [3.05, 3.63) is 57.0 Å². The highest BCUT2D eigenvalue weighted by molar-refractivity contribution is 9.11. The minimum Gasteiger partial charge on any atom is -0.325 e. The second-order valence-corrected chi connectivity index (χ2v) is 7.43. The summed E-state index contributed by atoms with van der Waals surface area (Å²) < 4.78 is 1.74. The van der Waals surface area contributed by atoms with E-state index >= 15 is 0 Å². The fraction of sp³-hybridized carbons (Fsp3) is 0.222. The number of carbonyl (C=O) groups is 2. The summed E-state index contributed by atoms with van der Waals surface area (Å²) in [5, 5.41) is 2.90. The van der Waals surface area contributed by atoms with Gasteiger partial charge in [-0.2, -0.15) is 0 Å². The number of nitrogens with one attached hydrogen (secondary N) is 1. The standard InChI is InChI=1S/C18H16Br2N2O2/c19-13-5-8-15(20)16(11-13)21-17(23)10-12-3-6-14(7-4-12)22-9-1-2-18(22)24/h3-8,11H,1-2,9-10H2,(H,21,23). The van der Waals surface area contributed by atoms with E-state index in [4.69, 9.17) is 0 Å². The highest BCUT2D eigenvalue weighted by atomic mass is 79.9. The summed E-state index contributed by atoms with van der Waals surface area (Å²) in [4.78, 5) is 25.8. The number of rotatable bonds is 4. The molecule has 0 atom stereocenters. The average molecular weight is 452 g/mol. The Bertz CT molecular complexity index is 775. The predicted octanol–water partition coefficient (Wildman–Crippen LogP) is 4.52. The highest BCUT2D eigenvalue weighted by Crippen LogP contribution is 2.26. The van der Waals surface area contributed by atoms with Gasteiger partial charge in [-0.3, -0.25) is 9.59 Å². The third-order valence-corrected chi connectivity index (χ3v) is 5.07. The van der Waals surface area contributed by atoms with Crippen molar-refractivity contribution in [2.75, 3.05) is 16.8 Å². The molecule has 4 nitrogen and oxygen atoms in total. The van der Waals surface area contributed by atoms with Crippen molar-refractivity contribution in [1.82, 2.24) is 0 Å². The first-order chi connectivity index (χ1) is 11.5. The maximum absolute atomic E-state index is 12.2. The van der Waals surface area contributed by atoms with E-state index in [2.05, 4.69) is 37.2 Å². The van der Waals surface area contributed by atoms with Gasteiger partial charge in [0, 0.05) is 27.6 Å². The van der Waals surface area contributed by atoms with Crippen molar-refractivity contribution in [1.29, 1.82) is 0 Å². The van der Waals surface area contributed by atoms with Gasteiger partial charge in [0.25, 0.3) is 0 Å². The Balaban J connectivity index is 1.64. The van der Waals surface area contributed by atoms with E-state index < -0.39 is 0 Å². The van der Waals surface area contributed by atoms with E-state index in [1.165, 1.54) is 0 Å². The van der Waals surface area contributed by atoms with Gasteiger partial charge in [-0.1, -0.05) is 28.1 Å². The molecular formula is C18H16Br2N2O2. The largest absolute Gasteiger partial charge is 0.325 e. The van der Waals surface area contributed by atoms with Crippen LogP contribution < -0.4 is 10.2 Å². The molecule has 1 aliphatic rings. The van der Waals surface area contributed by atoms with Crippen LogP contribution in [0.3, 0.4) is 0 Å². The lowest BCUT2D eigenvalue weighted by Gasteiger charge is -2.16. The van der Waals surface area contributed by atoms with Crippen LogP contribution in [0.1, 0.15) is 18.4 Å². The fourth-order valence-electron chi connectivity index (χ4n) is 2.69. The number of amides is 2. The zero-order chi connectivity index (χ0) is 17.1. The van der Waals surface area contributed by atoms with Gasteiger partial charge in [0.1, 0.15) is 0 Å². The molecule has 2 aromatic carbocycles. The molecule has 1 N–H and O–H groups in total. The summed E-state index contributed by atoms with van der Waals surface area (Å²) >= 11 is 6.82. The number of nitrogens with zero attached hydrogens (tertiary/aromatic N) is 1. The third-order valence-electron chi connectivity index (χ3n) is 3.89. The van der Waals surface area contributed by atoms with Crippen molar-refractivity contribution in [2.24, 2.45) is 0 Å². The molecule has 0 bridgehead atoms. The minimum absolute atomic E-state index is 0.0844. The van der Waals surface area contributed by atoms with Crippen LogP contribution in [-0.4, -0.2) is 18.4 Å². The molecule has 2 amide bonds. The van der Waals surface area contributed by atoms with E-state index in [1.807, 2.05) is 42.5 Å². The van der Waals surface area contributed by atoms with Crippen LogP contribution in [0.25, 0.3) is 0 Å². The van der Waals surface area contributed by atoms with Crippen molar-refractivity contribution in [3.8, 4) is 0 Å².